The van der Waals surface area contributed by atoms with Crippen molar-refractivity contribution in [2.24, 2.45) is 0 Å². The van der Waals surface area contributed by atoms with Crippen LogP contribution in [0.2, 0.25) is 5.02 Å². The van der Waals surface area contributed by atoms with Crippen LogP contribution in [0.4, 0.5) is 5.69 Å². The Morgan fingerprint density at radius 1 is 1.12 bits per heavy atom. The van der Waals surface area contributed by atoms with Gasteiger partial charge in [0.05, 0.1) is 5.69 Å². The zero-order valence-corrected chi connectivity index (χ0v) is 14.0. The second-order valence-electron chi connectivity index (χ2n) is 5.44. The van der Waals surface area contributed by atoms with E-state index in [4.69, 9.17) is 16.0 Å². The van der Waals surface area contributed by atoms with Crippen molar-refractivity contribution in [3.05, 3.63) is 71.1 Å². The molecule has 1 heterocycles. The van der Waals surface area contributed by atoms with Gasteiger partial charge in [-0.15, -0.1) is 0 Å². The molecule has 0 radical (unpaired) electrons. The topological polar surface area (TPSA) is 55.1 Å². The summed E-state index contributed by atoms with van der Waals surface area (Å²) >= 11 is 5.83. The van der Waals surface area contributed by atoms with Crippen molar-refractivity contribution in [1.82, 2.24) is 4.98 Å². The Hall–Kier alpha value is -2.59. The van der Waals surface area contributed by atoms with Gasteiger partial charge in [0.2, 0.25) is 11.8 Å². The molecule has 122 valence electrons. The Bertz CT molecular complexity index is 826. The van der Waals surface area contributed by atoms with Crippen LogP contribution in [-0.2, 0) is 11.2 Å². The molecule has 0 saturated heterocycles. The number of amides is 1. The van der Waals surface area contributed by atoms with E-state index in [9.17, 15) is 4.79 Å². The Morgan fingerprint density at radius 3 is 2.54 bits per heavy atom. The number of halogens is 1. The van der Waals surface area contributed by atoms with E-state index in [1.54, 1.807) is 24.3 Å². The third-order valence-electron chi connectivity index (χ3n) is 3.63. The van der Waals surface area contributed by atoms with Gasteiger partial charge < -0.3 is 9.73 Å². The fourth-order valence-corrected chi connectivity index (χ4v) is 2.48. The molecular formula is C19H17ClN2O2. The van der Waals surface area contributed by atoms with Crippen molar-refractivity contribution in [2.45, 2.75) is 19.8 Å². The van der Waals surface area contributed by atoms with E-state index in [2.05, 4.69) is 10.3 Å². The van der Waals surface area contributed by atoms with Crippen molar-refractivity contribution in [3.63, 3.8) is 0 Å². The molecule has 1 aromatic heterocycles. The lowest BCUT2D eigenvalue weighted by molar-refractivity contribution is -0.116. The summed E-state index contributed by atoms with van der Waals surface area (Å²) in [5.41, 5.74) is 2.46. The zero-order valence-electron chi connectivity index (χ0n) is 13.3. The number of anilines is 1. The minimum Gasteiger partial charge on any atom is -0.441 e. The fraction of sp³-hybridized carbons (Fsp3) is 0.158. The summed E-state index contributed by atoms with van der Waals surface area (Å²) in [5.74, 6) is 1.26. The summed E-state index contributed by atoms with van der Waals surface area (Å²) in [6.45, 7) is 1.87. The molecule has 24 heavy (non-hydrogen) atoms. The largest absolute Gasteiger partial charge is 0.441 e. The Balaban J connectivity index is 1.61. The summed E-state index contributed by atoms with van der Waals surface area (Å²) in [6, 6.07) is 16.7. The van der Waals surface area contributed by atoms with Crippen LogP contribution in [0.15, 0.2) is 59.0 Å². The van der Waals surface area contributed by atoms with Crippen LogP contribution in [0.25, 0.3) is 11.5 Å². The van der Waals surface area contributed by atoms with Crippen LogP contribution in [0.3, 0.4) is 0 Å². The lowest BCUT2D eigenvalue weighted by atomic mass is 10.2. The molecule has 0 saturated carbocycles. The van der Waals surface area contributed by atoms with Gasteiger partial charge in [-0.1, -0.05) is 29.8 Å². The predicted octanol–water partition coefficient (Wildman–Crippen LogP) is 4.87. The van der Waals surface area contributed by atoms with Gasteiger partial charge in [0.15, 0.2) is 0 Å². The highest BCUT2D eigenvalue weighted by molar-refractivity contribution is 6.30. The average molecular weight is 341 g/mol. The number of aromatic nitrogens is 1. The smallest absolute Gasteiger partial charge is 0.226 e. The van der Waals surface area contributed by atoms with Crippen molar-refractivity contribution < 1.29 is 9.21 Å². The number of oxazole rings is 1. The molecular weight excluding hydrogens is 324 g/mol. The molecule has 0 fully saturated rings. The molecule has 1 amide bonds. The van der Waals surface area contributed by atoms with Gasteiger partial charge in [-0.25, -0.2) is 4.98 Å². The van der Waals surface area contributed by atoms with Crippen molar-refractivity contribution in [2.75, 3.05) is 5.32 Å². The predicted molar refractivity (Wildman–Crippen MR) is 95.1 cm³/mol. The summed E-state index contributed by atoms with van der Waals surface area (Å²) in [5, 5.41) is 3.48. The number of nitrogens with zero attached hydrogens (tertiary/aromatic N) is 1. The molecule has 1 N–H and O–H groups in total. The van der Waals surface area contributed by atoms with E-state index in [1.807, 2.05) is 37.3 Å². The van der Waals surface area contributed by atoms with Crippen LogP contribution >= 0.6 is 11.6 Å². The molecule has 0 aliphatic rings. The van der Waals surface area contributed by atoms with Crippen LogP contribution in [0.5, 0.6) is 0 Å². The molecule has 4 nitrogen and oxygen atoms in total. The first-order valence-electron chi connectivity index (χ1n) is 7.69. The SMILES string of the molecule is Cc1oc(-c2ccccc2)nc1CCC(=O)Nc1ccc(Cl)cc1. The Labute approximate surface area is 145 Å². The molecule has 0 spiro atoms. The van der Waals surface area contributed by atoms with Gasteiger partial charge in [-0.2, -0.15) is 0 Å². The maximum Gasteiger partial charge on any atom is 0.226 e. The number of rotatable bonds is 5. The van der Waals surface area contributed by atoms with E-state index in [-0.39, 0.29) is 5.91 Å². The highest BCUT2D eigenvalue weighted by Crippen LogP contribution is 2.22. The Kier molecular flexibility index (Phi) is 4.96. The maximum absolute atomic E-state index is 12.1. The highest BCUT2D eigenvalue weighted by atomic mass is 35.5. The minimum absolute atomic E-state index is 0.0685. The quantitative estimate of drug-likeness (QED) is 0.720. The number of aryl methyl sites for hydroxylation is 2. The van der Waals surface area contributed by atoms with E-state index in [0.29, 0.717) is 23.8 Å². The number of benzene rings is 2. The van der Waals surface area contributed by atoms with Crippen LogP contribution < -0.4 is 5.32 Å². The molecule has 3 rings (SSSR count). The van der Waals surface area contributed by atoms with E-state index >= 15 is 0 Å². The summed E-state index contributed by atoms with van der Waals surface area (Å²) in [6.07, 6.45) is 0.867. The molecule has 0 atom stereocenters. The van der Waals surface area contributed by atoms with E-state index in [0.717, 1.165) is 22.7 Å². The molecule has 3 aromatic rings. The molecule has 0 bridgehead atoms. The number of carbonyl (C=O) groups excluding carboxylic acids is 1. The van der Waals surface area contributed by atoms with Gasteiger partial charge in [0, 0.05) is 29.1 Å². The van der Waals surface area contributed by atoms with Gasteiger partial charge >= 0.3 is 0 Å². The normalized spacial score (nSPS) is 10.6. The van der Waals surface area contributed by atoms with Gasteiger partial charge in [-0.05, 0) is 43.3 Å². The maximum atomic E-state index is 12.1. The second kappa shape index (κ2) is 7.32. The third kappa shape index (κ3) is 4.03. The molecule has 0 unspecified atom stereocenters. The zero-order chi connectivity index (χ0) is 16.9. The first kappa shape index (κ1) is 16.3. The van der Waals surface area contributed by atoms with Crippen molar-refractivity contribution in [1.29, 1.82) is 0 Å². The first-order valence-corrected chi connectivity index (χ1v) is 8.07. The number of hydrogen-bond donors (Lipinski definition) is 1. The minimum atomic E-state index is -0.0685. The van der Waals surface area contributed by atoms with E-state index in [1.165, 1.54) is 0 Å². The summed E-state index contributed by atoms with van der Waals surface area (Å²) in [4.78, 5) is 16.6. The van der Waals surface area contributed by atoms with Crippen molar-refractivity contribution in [3.8, 4) is 11.5 Å². The van der Waals surface area contributed by atoms with Crippen LogP contribution in [0, 0.1) is 6.92 Å². The van der Waals surface area contributed by atoms with Crippen molar-refractivity contribution >= 4 is 23.2 Å². The fourth-order valence-electron chi connectivity index (χ4n) is 2.35. The number of carbonyl (C=O) groups is 1. The molecule has 0 aliphatic carbocycles. The van der Waals surface area contributed by atoms with Crippen LogP contribution in [-0.4, -0.2) is 10.9 Å². The monoisotopic (exact) mass is 340 g/mol. The second-order valence-corrected chi connectivity index (χ2v) is 5.88. The summed E-state index contributed by atoms with van der Waals surface area (Å²) in [7, 11) is 0. The number of hydrogen-bond acceptors (Lipinski definition) is 3. The first-order chi connectivity index (χ1) is 11.6. The lowest BCUT2D eigenvalue weighted by Gasteiger charge is -2.04. The molecule has 5 heteroatoms. The molecule has 2 aromatic carbocycles. The Morgan fingerprint density at radius 2 is 1.83 bits per heavy atom. The summed E-state index contributed by atoms with van der Waals surface area (Å²) < 4.78 is 5.71. The standard InChI is InChI=1S/C19H17ClN2O2/c1-13-17(22-19(24-13)14-5-3-2-4-6-14)11-12-18(23)21-16-9-7-15(20)8-10-16/h2-10H,11-12H2,1H3,(H,21,23). The van der Waals surface area contributed by atoms with Gasteiger partial charge in [0.25, 0.3) is 0 Å². The average Bonchev–Trinajstić information content (AvgIpc) is 2.97. The molecule has 0 aliphatic heterocycles. The van der Waals surface area contributed by atoms with Gasteiger partial charge in [-0.3, -0.25) is 4.79 Å². The lowest BCUT2D eigenvalue weighted by Crippen LogP contribution is -2.12. The third-order valence-corrected chi connectivity index (χ3v) is 3.88. The van der Waals surface area contributed by atoms with Gasteiger partial charge in [0.1, 0.15) is 5.76 Å². The van der Waals surface area contributed by atoms with Crippen LogP contribution in [0.1, 0.15) is 17.9 Å². The number of nitrogens with one attached hydrogen (secondary N) is 1. The highest BCUT2D eigenvalue weighted by Gasteiger charge is 2.12. The van der Waals surface area contributed by atoms with E-state index < -0.39 is 0 Å².